The topological polar surface area (TPSA) is 35.2 Å². The summed E-state index contributed by atoms with van der Waals surface area (Å²) in [7, 11) is -1.71. The van der Waals surface area contributed by atoms with Crippen molar-refractivity contribution >= 4 is 31.5 Å². The van der Waals surface area contributed by atoms with E-state index in [2.05, 4.69) is 19.6 Å². The molecule has 0 bridgehead atoms. The normalized spacial score (nSPS) is 15.7. The Kier molecular flexibility index (Phi) is 5.04. The van der Waals surface area contributed by atoms with Gasteiger partial charge in [-0.3, -0.25) is 0 Å². The van der Waals surface area contributed by atoms with Gasteiger partial charge in [-0.2, -0.15) is 0 Å². The molecule has 0 aliphatic rings. The van der Waals surface area contributed by atoms with Gasteiger partial charge >= 0.3 is 0 Å². The van der Waals surface area contributed by atoms with E-state index in [4.69, 9.17) is 33.4 Å². The summed E-state index contributed by atoms with van der Waals surface area (Å²) in [4.78, 5) is 0. The average molecular weight is 292 g/mol. The van der Waals surface area contributed by atoms with Crippen molar-refractivity contribution in [2.75, 3.05) is 0 Å². The van der Waals surface area contributed by atoms with Gasteiger partial charge < -0.3 is 10.2 Å². The van der Waals surface area contributed by atoms with E-state index < -0.39 is 8.32 Å². The maximum atomic E-state index is 6.19. The monoisotopic (exact) mass is 291 g/mol. The van der Waals surface area contributed by atoms with Crippen LogP contribution in [0.2, 0.25) is 29.7 Å². The number of nitrogens with two attached hydrogens (primary N) is 1. The van der Waals surface area contributed by atoms with Crippen LogP contribution in [0.3, 0.4) is 0 Å². The van der Waals surface area contributed by atoms with Crippen LogP contribution in [0.25, 0.3) is 0 Å². The smallest absolute Gasteiger partial charge is 0.184 e. The highest BCUT2D eigenvalue weighted by atomic mass is 35.5. The largest absolute Gasteiger partial charge is 0.409 e. The van der Waals surface area contributed by atoms with Crippen molar-refractivity contribution in [3.8, 4) is 0 Å². The maximum Gasteiger partial charge on any atom is 0.184 e. The van der Waals surface area contributed by atoms with Gasteiger partial charge in [0.1, 0.15) is 0 Å². The maximum absolute atomic E-state index is 6.19. The molecule has 1 aromatic rings. The van der Waals surface area contributed by atoms with Gasteiger partial charge in [-0.15, -0.1) is 0 Å². The lowest BCUT2D eigenvalue weighted by molar-refractivity contribution is 0.173. The minimum absolute atomic E-state index is 0.154. The van der Waals surface area contributed by atoms with E-state index in [-0.39, 0.29) is 12.1 Å². The van der Waals surface area contributed by atoms with Gasteiger partial charge in [0, 0.05) is 21.7 Å². The van der Waals surface area contributed by atoms with Gasteiger partial charge in [0.25, 0.3) is 0 Å². The molecule has 2 unspecified atom stereocenters. The molecule has 0 fully saturated rings. The number of rotatable bonds is 4. The Morgan fingerprint density at radius 1 is 1.18 bits per heavy atom. The summed E-state index contributed by atoms with van der Waals surface area (Å²) in [5.74, 6) is 0. The molecule has 0 saturated heterocycles. The zero-order valence-corrected chi connectivity index (χ0v) is 13.1. The van der Waals surface area contributed by atoms with Crippen LogP contribution in [-0.2, 0) is 4.43 Å². The molecule has 2 atom stereocenters. The van der Waals surface area contributed by atoms with Crippen LogP contribution in [0, 0.1) is 0 Å². The summed E-state index contributed by atoms with van der Waals surface area (Å²) in [5, 5.41) is 1.22. The molecular weight excluding hydrogens is 273 g/mol. The molecule has 0 aliphatic carbocycles. The van der Waals surface area contributed by atoms with Gasteiger partial charge in [-0.1, -0.05) is 29.3 Å². The van der Waals surface area contributed by atoms with Gasteiger partial charge in [0.2, 0.25) is 0 Å². The first-order valence-electron chi connectivity index (χ1n) is 5.59. The van der Waals surface area contributed by atoms with E-state index in [9.17, 15) is 0 Å². The minimum atomic E-state index is -1.71. The van der Waals surface area contributed by atoms with Gasteiger partial charge in [0.05, 0.1) is 6.10 Å². The highest BCUT2D eigenvalue weighted by Crippen LogP contribution is 2.35. The van der Waals surface area contributed by atoms with Crippen LogP contribution < -0.4 is 5.73 Å². The van der Waals surface area contributed by atoms with Crippen LogP contribution >= 0.6 is 23.2 Å². The first kappa shape index (κ1) is 15.0. The molecule has 2 N–H and O–H groups in total. The Hall–Kier alpha value is -0.0631. The summed E-state index contributed by atoms with van der Waals surface area (Å²) in [6.07, 6.45) is -0.247. The van der Waals surface area contributed by atoms with Crippen molar-refractivity contribution in [3.63, 3.8) is 0 Å². The SMILES string of the molecule is CC(N)C(O[Si](C)(C)C)c1c(Cl)cccc1Cl. The molecule has 96 valence electrons. The first-order valence-corrected chi connectivity index (χ1v) is 9.76. The number of benzene rings is 1. The van der Waals surface area contributed by atoms with Crippen LogP contribution in [0.1, 0.15) is 18.6 Å². The highest BCUT2D eigenvalue weighted by Gasteiger charge is 2.28. The van der Waals surface area contributed by atoms with Gasteiger partial charge in [0.15, 0.2) is 8.32 Å². The lowest BCUT2D eigenvalue weighted by Crippen LogP contribution is -2.36. The summed E-state index contributed by atoms with van der Waals surface area (Å²) in [6, 6.07) is 5.29. The molecule has 2 nitrogen and oxygen atoms in total. The molecule has 0 spiro atoms. The molecule has 0 saturated carbocycles. The Morgan fingerprint density at radius 2 is 1.65 bits per heavy atom. The van der Waals surface area contributed by atoms with Crippen LogP contribution in [0.5, 0.6) is 0 Å². The van der Waals surface area contributed by atoms with E-state index in [0.29, 0.717) is 10.0 Å². The fourth-order valence-corrected chi connectivity index (χ4v) is 3.30. The molecule has 1 aromatic carbocycles. The van der Waals surface area contributed by atoms with E-state index in [1.807, 2.05) is 25.1 Å². The van der Waals surface area contributed by atoms with Crippen molar-refractivity contribution < 1.29 is 4.43 Å². The number of halogens is 2. The second-order valence-corrected chi connectivity index (χ2v) is 10.4. The molecule has 0 aliphatic heterocycles. The molecule has 17 heavy (non-hydrogen) atoms. The summed E-state index contributed by atoms with van der Waals surface area (Å²) in [6.45, 7) is 8.26. The molecule has 0 radical (unpaired) electrons. The molecule has 0 amide bonds. The average Bonchev–Trinajstić information content (AvgIpc) is 2.13. The Bertz CT molecular complexity index is 370. The standard InChI is InChI=1S/C12H19Cl2NOSi/c1-8(15)12(16-17(2,3)4)11-9(13)6-5-7-10(11)14/h5-8,12H,15H2,1-4H3. The molecule has 5 heteroatoms. The number of hydrogen-bond donors (Lipinski definition) is 1. The third kappa shape index (κ3) is 4.27. The zero-order valence-electron chi connectivity index (χ0n) is 10.6. The van der Waals surface area contributed by atoms with E-state index in [1.54, 1.807) is 0 Å². The van der Waals surface area contributed by atoms with Crippen LogP contribution in [0.4, 0.5) is 0 Å². The van der Waals surface area contributed by atoms with Crippen molar-refractivity contribution in [2.24, 2.45) is 5.73 Å². The highest BCUT2D eigenvalue weighted by molar-refractivity contribution is 6.69. The predicted octanol–water partition coefficient (Wildman–Crippen LogP) is 4.23. The lowest BCUT2D eigenvalue weighted by Gasteiger charge is -2.30. The molecular formula is C12H19Cl2NOSi. The van der Waals surface area contributed by atoms with Crippen molar-refractivity contribution in [2.45, 2.75) is 38.7 Å². The fraction of sp³-hybridized carbons (Fsp3) is 0.500. The Morgan fingerprint density at radius 3 is 2.00 bits per heavy atom. The first-order chi connectivity index (χ1) is 7.72. The van der Waals surface area contributed by atoms with Crippen molar-refractivity contribution in [3.05, 3.63) is 33.8 Å². The second kappa shape index (κ2) is 5.72. The quantitative estimate of drug-likeness (QED) is 0.843. The van der Waals surface area contributed by atoms with Crippen molar-refractivity contribution in [1.29, 1.82) is 0 Å². The van der Waals surface area contributed by atoms with Gasteiger partial charge in [-0.05, 0) is 38.7 Å². The van der Waals surface area contributed by atoms with E-state index in [0.717, 1.165) is 5.56 Å². The third-order valence-corrected chi connectivity index (χ3v) is 3.86. The van der Waals surface area contributed by atoms with E-state index in [1.165, 1.54) is 0 Å². The molecule has 0 aromatic heterocycles. The van der Waals surface area contributed by atoms with Gasteiger partial charge in [-0.25, -0.2) is 0 Å². The van der Waals surface area contributed by atoms with E-state index >= 15 is 0 Å². The Labute approximate surface area is 114 Å². The zero-order chi connectivity index (χ0) is 13.2. The predicted molar refractivity (Wildman–Crippen MR) is 77.3 cm³/mol. The summed E-state index contributed by atoms with van der Waals surface area (Å²) < 4.78 is 6.09. The molecule has 1 rings (SSSR count). The fourth-order valence-electron chi connectivity index (χ4n) is 1.59. The second-order valence-electron chi connectivity index (χ2n) is 5.15. The van der Waals surface area contributed by atoms with Crippen molar-refractivity contribution in [1.82, 2.24) is 0 Å². The van der Waals surface area contributed by atoms with Crippen LogP contribution in [-0.4, -0.2) is 14.4 Å². The van der Waals surface area contributed by atoms with Crippen LogP contribution in [0.15, 0.2) is 18.2 Å². The number of hydrogen-bond acceptors (Lipinski definition) is 2. The lowest BCUT2D eigenvalue weighted by atomic mass is 10.0. The summed E-state index contributed by atoms with van der Waals surface area (Å²) in [5.41, 5.74) is 6.79. The summed E-state index contributed by atoms with van der Waals surface area (Å²) >= 11 is 12.4. The molecule has 0 heterocycles. The minimum Gasteiger partial charge on any atom is -0.409 e. The third-order valence-electron chi connectivity index (χ3n) is 2.24. The Balaban J connectivity index is 3.15.